The van der Waals surface area contributed by atoms with E-state index in [-0.39, 0.29) is 6.54 Å². The predicted molar refractivity (Wildman–Crippen MR) is 73.2 cm³/mol. The summed E-state index contributed by atoms with van der Waals surface area (Å²) in [5.41, 5.74) is -1.08. The molecule has 0 unspecified atom stereocenters. The summed E-state index contributed by atoms with van der Waals surface area (Å²) in [5.74, 6) is 0.563. The lowest BCUT2D eigenvalue weighted by atomic mass is 10.2. The first-order chi connectivity index (χ1) is 9.91. The molecule has 2 aromatic rings. The third-order valence-corrected chi connectivity index (χ3v) is 2.86. The van der Waals surface area contributed by atoms with E-state index in [2.05, 4.69) is 10.3 Å². The van der Waals surface area contributed by atoms with E-state index in [1.807, 2.05) is 6.92 Å². The molecule has 1 N–H and O–H groups in total. The lowest BCUT2D eigenvalue weighted by molar-refractivity contribution is -0.144. The number of anilines is 1. The van der Waals surface area contributed by atoms with Gasteiger partial charge in [0.2, 0.25) is 0 Å². The summed E-state index contributed by atoms with van der Waals surface area (Å²) < 4.78 is 39.6. The van der Waals surface area contributed by atoms with Crippen molar-refractivity contribution in [1.29, 1.82) is 0 Å². The Morgan fingerprint density at radius 1 is 1.29 bits per heavy atom. The maximum atomic E-state index is 12.9. The zero-order valence-corrected chi connectivity index (χ0v) is 11.3. The Balaban J connectivity index is 2.40. The Labute approximate surface area is 119 Å². The monoisotopic (exact) mass is 297 g/mol. The molecule has 7 heteroatoms. The van der Waals surface area contributed by atoms with Gasteiger partial charge in [-0.05, 0) is 30.7 Å². The van der Waals surface area contributed by atoms with Crippen LogP contribution in [0, 0.1) is 0 Å². The van der Waals surface area contributed by atoms with Crippen LogP contribution in [0.3, 0.4) is 0 Å². The molecule has 2 aromatic heterocycles. The third kappa shape index (κ3) is 3.62. The van der Waals surface area contributed by atoms with E-state index in [4.69, 9.17) is 0 Å². The second kappa shape index (κ2) is 5.99. The van der Waals surface area contributed by atoms with Crippen LogP contribution in [0.15, 0.2) is 41.3 Å². The molecule has 0 aliphatic heterocycles. The molecule has 0 amide bonds. The Kier molecular flexibility index (Phi) is 4.30. The molecule has 112 valence electrons. The van der Waals surface area contributed by atoms with Gasteiger partial charge in [-0.15, -0.1) is 0 Å². The highest BCUT2D eigenvalue weighted by atomic mass is 19.4. The first-order valence-corrected chi connectivity index (χ1v) is 6.37. The molecule has 2 heterocycles. The van der Waals surface area contributed by atoms with Gasteiger partial charge in [-0.1, -0.05) is 6.07 Å². The Hall–Kier alpha value is -2.31. The molecule has 0 saturated heterocycles. The highest BCUT2D eigenvalue weighted by molar-refractivity contribution is 5.37. The number of hydrogen-bond acceptors (Lipinski definition) is 3. The van der Waals surface area contributed by atoms with Crippen molar-refractivity contribution in [3.8, 4) is 0 Å². The smallest absolute Gasteiger partial charge is 0.370 e. The van der Waals surface area contributed by atoms with Crippen molar-refractivity contribution in [2.75, 3.05) is 11.9 Å². The summed E-state index contributed by atoms with van der Waals surface area (Å²) in [7, 11) is 0. The minimum Gasteiger partial charge on any atom is -0.370 e. The molecule has 0 aliphatic rings. The van der Waals surface area contributed by atoms with Gasteiger partial charge in [-0.25, -0.2) is 4.98 Å². The summed E-state index contributed by atoms with van der Waals surface area (Å²) in [4.78, 5) is 15.8. The van der Waals surface area contributed by atoms with E-state index in [1.54, 1.807) is 12.1 Å². The Bertz CT molecular complexity index is 680. The molecular weight excluding hydrogens is 283 g/mol. The van der Waals surface area contributed by atoms with E-state index < -0.39 is 17.4 Å². The summed E-state index contributed by atoms with van der Waals surface area (Å²) in [6.07, 6.45) is -3.08. The number of rotatable bonds is 4. The molecule has 0 radical (unpaired) electrons. The fourth-order valence-electron chi connectivity index (χ4n) is 1.96. The summed E-state index contributed by atoms with van der Waals surface area (Å²) in [6, 6.07) is 6.33. The normalized spacial score (nSPS) is 11.4. The number of nitrogens with zero attached hydrogens (tertiary/aromatic N) is 2. The predicted octanol–water partition coefficient (Wildman–Crippen LogP) is 2.74. The molecule has 2 rings (SSSR count). The van der Waals surface area contributed by atoms with Crippen LogP contribution in [0.4, 0.5) is 19.0 Å². The second-order valence-electron chi connectivity index (χ2n) is 4.41. The average molecular weight is 297 g/mol. The van der Waals surface area contributed by atoms with Gasteiger partial charge >= 0.3 is 6.18 Å². The largest absolute Gasteiger partial charge is 0.431 e. The van der Waals surface area contributed by atoms with Gasteiger partial charge in [0.15, 0.2) is 0 Å². The molecule has 0 atom stereocenters. The maximum Gasteiger partial charge on any atom is 0.431 e. The second-order valence-corrected chi connectivity index (χ2v) is 4.41. The highest BCUT2D eigenvalue weighted by Gasteiger charge is 2.34. The molecule has 4 nitrogen and oxygen atoms in total. The maximum absolute atomic E-state index is 12.9. The number of halogens is 3. The van der Waals surface area contributed by atoms with Crippen molar-refractivity contribution in [3.05, 3.63) is 58.1 Å². The van der Waals surface area contributed by atoms with Crippen LogP contribution in [-0.2, 0) is 12.7 Å². The number of hydrogen-bond donors (Lipinski definition) is 1. The quantitative estimate of drug-likeness (QED) is 0.944. The van der Waals surface area contributed by atoms with E-state index in [1.165, 1.54) is 6.20 Å². The number of pyridine rings is 2. The van der Waals surface area contributed by atoms with Crippen LogP contribution in [0.25, 0.3) is 0 Å². The zero-order chi connectivity index (χ0) is 15.5. The number of nitrogens with one attached hydrogen (secondary N) is 1. The topological polar surface area (TPSA) is 46.9 Å². The van der Waals surface area contributed by atoms with Crippen LogP contribution in [0.5, 0.6) is 0 Å². The van der Waals surface area contributed by atoms with Crippen LogP contribution in [0.2, 0.25) is 0 Å². The first-order valence-electron chi connectivity index (χ1n) is 6.37. The van der Waals surface area contributed by atoms with E-state index >= 15 is 0 Å². The standard InChI is InChI=1S/C14H14F3N3O/c1-2-18-12-8-10(6-7-19-12)9-20-11(14(15,16)17)4-3-5-13(20)21/h3-8H,2,9H2,1H3,(H,18,19). The van der Waals surface area contributed by atoms with Gasteiger partial charge in [-0.2, -0.15) is 13.2 Å². The van der Waals surface area contributed by atoms with Crippen LogP contribution in [-0.4, -0.2) is 16.1 Å². The Morgan fingerprint density at radius 3 is 2.71 bits per heavy atom. The van der Waals surface area contributed by atoms with Crippen LogP contribution >= 0.6 is 0 Å². The highest BCUT2D eigenvalue weighted by Crippen LogP contribution is 2.28. The average Bonchev–Trinajstić information content (AvgIpc) is 2.41. The van der Waals surface area contributed by atoms with Gasteiger partial charge in [0, 0.05) is 18.8 Å². The molecule has 0 bridgehead atoms. The van der Waals surface area contributed by atoms with Crippen molar-refractivity contribution in [2.24, 2.45) is 0 Å². The first kappa shape index (κ1) is 15.1. The van der Waals surface area contributed by atoms with Crippen molar-refractivity contribution < 1.29 is 13.2 Å². The van der Waals surface area contributed by atoms with Crippen molar-refractivity contribution in [2.45, 2.75) is 19.6 Å². The molecule has 0 spiro atoms. The molecule has 0 aliphatic carbocycles. The third-order valence-electron chi connectivity index (χ3n) is 2.86. The number of aromatic nitrogens is 2. The fraction of sp³-hybridized carbons (Fsp3) is 0.286. The summed E-state index contributed by atoms with van der Waals surface area (Å²) in [6.45, 7) is 2.38. The Morgan fingerprint density at radius 2 is 2.05 bits per heavy atom. The van der Waals surface area contributed by atoms with Crippen molar-refractivity contribution in [3.63, 3.8) is 0 Å². The van der Waals surface area contributed by atoms with Gasteiger partial charge in [-0.3, -0.25) is 9.36 Å². The van der Waals surface area contributed by atoms with Crippen LogP contribution in [0.1, 0.15) is 18.2 Å². The molecule has 0 fully saturated rings. The lowest BCUT2D eigenvalue weighted by Crippen LogP contribution is -2.27. The van der Waals surface area contributed by atoms with Crippen molar-refractivity contribution in [1.82, 2.24) is 9.55 Å². The lowest BCUT2D eigenvalue weighted by Gasteiger charge is -2.15. The summed E-state index contributed by atoms with van der Waals surface area (Å²) in [5, 5.41) is 2.97. The van der Waals surface area contributed by atoms with Gasteiger partial charge in [0.25, 0.3) is 5.56 Å². The van der Waals surface area contributed by atoms with E-state index in [0.29, 0.717) is 22.5 Å². The minimum atomic E-state index is -4.57. The van der Waals surface area contributed by atoms with E-state index in [0.717, 1.165) is 18.2 Å². The molecule has 21 heavy (non-hydrogen) atoms. The van der Waals surface area contributed by atoms with Crippen molar-refractivity contribution >= 4 is 5.82 Å². The molecule has 0 saturated carbocycles. The summed E-state index contributed by atoms with van der Waals surface area (Å²) >= 11 is 0. The van der Waals surface area contributed by atoms with Gasteiger partial charge < -0.3 is 5.32 Å². The fourth-order valence-corrected chi connectivity index (χ4v) is 1.96. The van der Waals surface area contributed by atoms with Gasteiger partial charge in [0.1, 0.15) is 11.5 Å². The van der Waals surface area contributed by atoms with E-state index in [9.17, 15) is 18.0 Å². The SMILES string of the molecule is CCNc1cc(Cn2c(C(F)(F)F)cccc2=O)ccn1. The van der Waals surface area contributed by atoms with Gasteiger partial charge in [0.05, 0.1) is 6.54 Å². The van der Waals surface area contributed by atoms with Crippen LogP contribution < -0.4 is 10.9 Å². The minimum absolute atomic E-state index is 0.157. The molecule has 0 aromatic carbocycles. The molecular formula is C14H14F3N3O. The number of alkyl halides is 3. The zero-order valence-electron chi connectivity index (χ0n) is 11.3.